The highest BCUT2D eigenvalue weighted by Gasteiger charge is 2.17. The molecule has 0 aliphatic carbocycles. The predicted octanol–water partition coefficient (Wildman–Crippen LogP) is 3.44. The number of hydrogen-bond acceptors (Lipinski definition) is 3. The van der Waals surface area contributed by atoms with Crippen LogP contribution >= 0.6 is 0 Å². The number of rotatable bonds is 12. The molecule has 114 valence electrons. The van der Waals surface area contributed by atoms with Crippen LogP contribution in [0.1, 0.15) is 64.7 Å². The maximum absolute atomic E-state index is 10.6. The molecule has 0 radical (unpaired) electrons. The molecule has 0 rings (SSSR count). The van der Waals surface area contributed by atoms with Crippen LogP contribution in [0.3, 0.4) is 0 Å². The molecule has 0 aromatic rings. The van der Waals surface area contributed by atoms with Crippen molar-refractivity contribution in [3.63, 3.8) is 0 Å². The van der Waals surface area contributed by atoms with Crippen molar-refractivity contribution in [2.75, 3.05) is 0 Å². The molecule has 5 heteroatoms. The fourth-order valence-corrected chi connectivity index (χ4v) is 2.35. The summed E-state index contributed by atoms with van der Waals surface area (Å²) in [4.78, 5) is 21.0. The van der Waals surface area contributed by atoms with Crippen LogP contribution in [0.2, 0.25) is 0 Å². The van der Waals surface area contributed by atoms with E-state index in [1.807, 2.05) is 0 Å². The SMILES string of the molecule is CCC(CCCCCCC(=O)O)CC(C#N)CC(=O)O. The number of aliphatic carboxylic acids is 2. The smallest absolute Gasteiger partial charge is 0.304 e. The molecule has 0 saturated carbocycles. The van der Waals surface area contributed by atoms with E-state index in [4.69, 9.17) is 15.5 Å². The average Bonchev–Trinajstić information content (AvgIpc) is 2.39. The normalized spacial score (nSPS) is 13.4. The Morgan fingerprint density at radius 2 is 1.75 bits per heavy atom. The molecule has 0 saturated heterocycles. The van der Waals surface area contributed by atoms with Gasteiger partial charge in [0.15, 0.2) is 0 Å². The first-order valence-electron chi connectivity index (χ1n) is 7.32. The first kappa shape index (κ1) is 18.4. The summed E-state index contributed by atoms with van der Waals surface area (Å²) in [6, 6.07) is 2.08. The molecule has 0 spiro atoms. The van der Waals surface area contributed by atoms with Crippen LogP contribution in [-0.4, -0.2) is 22.2 Å². The number of carbonyl (C=O) groups is 2. The van der Waals surface area contributed by atoms with Crippen molar-refractivity contribution in [1.82, 2.24) is 0 Å². The Kier molecular flexibility index (Phi) is 10.4. The largest absolute Gasteiger partial charge is 0.481 e. The lowest BCUT2D eigenvalue weighted by molar-refractivity contribution is -0.138. The monoisotopic (exact) mass is 283 g/mol. The minimum Gasteiger partial charge on any atom is -0.481 e. The molecule has 5 nitrogen and oxygen atoms in total. The zero-order valence-electron chi connectivity index (χ0n) is 12.2. The lowest BCUT2D eigenvalue weighted by atomic mass is 9.87. The minimum atomic E-state index is -0.917. The molecule has 0 bridgehead atoms. The maximum atomic E-state index is 10.6. The van der Waals surface area contributed by atoms with Gasteiger partial charge in [0, 0.05) is 6.42 Å². The molecule has 0 fully saturated rings. The summed E-state index contributed by atoms with van der Waals surface area (Å²) in [6.07, 6.45) is 6.38. The van der Waals surface area contributed by atoms with Crippen LogP contribution in [-0.2, 0) is 9.59 Å². The van der Waals surface area contributed by atoms with Crippen LogP contribution in [0.15, 0.2) is 0 Å². The Balaban J connectivity index is 3.83. The van der Waals surface area contributed by atoms with Gasteiger partial charge in [0.25, 0.3) is 0 Å². The van der Waals surface area contributed by atoms with Gasteiger partial charge in [0.2, 0.25) is 0 Å². The van der Waals surface area contributed by atoms with Crippen LogP contribution < -0.4 is 0 Å². The van der Waals surface area contributed by atoms with E-state index in [1.54, 1.807) is 0 Å². The van der Waals surface area contributed by atoms with Gasteiger partial charge in [0.05, 0.1) is 18.4 Å². The summed E-state index contributed by atoms with van der Waals surface area (Å²) < 4.78 is 0. The first-order valence-corrected chi connectivity index (χ1v) is 7.32. The number of unbranched alkanes of at least 4 members (excludes halogenated alkanes) is 3. The highest BCUT2D eigenvalue weighted by Crippen LogP contribution is 2.23. The topological polar surface area (TPSA) is 98.4 Å². The van der Waals surface area contributed by atoms with Crippen LogP contribution in [0.4, 0.5) is 0 Å². The lowest BCUT2D eigenvalue weighted by Gasteiger charge is -2.17. The Morgan fingerprint density at radius 3 is 2.25 bits per heavy atom. The van der Waals surface area contributed by atoms with E-state index in [1.165, 1.54) is 0 Å². The number of carboxylic acid groups (broad SMARTS) is 2. The van der Waals surface area contributed by atoms with E-state index in [0.717, 1.165) is 32.1 Å². The Morgan fingerprint density at radius 1 is 1.10 bits per heavy atom. The average molecular weight is 283 g/mol. The van der Waals surface area contributed by atoms with Gasteiger partial charge in [-0.2, -0.15) is 5.26 Å². The van der Waals surface area contributed by atoms with Gasteiger partial charge in [-0.3, -0.25) is 9.59 Å². The highest BCUT2D eigenvalue weighted by molar-refractivity contribution is 5.67. The molecule has 0 aromatic carbocycles. The van der Waals surface area contributed by atoms with Gasteiger partial charge in [-0.25, -0.2) is 0 Å². The Bertz CT molecular complexity index is 335. The second-order valence-corrected chi connectivity index (χ2v) is 5.28. The third-order valence-corrected chi connectivity index (χ3v) is 3.55. The van der Waals surface area contributed by atoms with Crippen LogP contribution in [0, 0.1) is 23.2 Å². The fourth-order valence-electron chi connectivity index (χ4n) is 2.35. The fraction of sp³-hybridized carbons (Fsp3) is 0.800. The third kappa shape index (κ3) is 10.4. The zero-order valence-corrected chi connectivity index (χ0v) is 12.2. The second-order valence-electron chi connectivity index (χ2n) is 5.28. The quantitative estimate of drug-likeness (QED) is 0.534. The molecular formula is C15H25NO4. The van der Waals surface area contributed by atoms with Gasteiger partial charge in [-0.05, 0) is 18.8 Å². The highest BCUT2D eigenvalue weighted by atomic mass is 16.4. The van der Waals surface area contributed by atoms with Crippen LogP contribution in [0.5, 0.6) is 0 Å². The molecule has 20 heavy (non-hydrogen) atoms. The van der Waals surface area contributed by atoms with Crippen LogP contribution in [0.25, 0.3) is 0 Å². The van der Waals surface area contributed by atoms with Crippen molar-refractivity contribution in [2.24, 2.45) is 11.8 Å². The summed E-state index contributed by atoms with van der Waals surface area (Å²) in [7, 11) is 0. The van der Waals surface area contributed by atoms with Crippen molar-refractivity contribution in [2.45, 2.75) is 64.7 Å². The molecular weight excluding hydrogens is 258 g/mol. The minimum absolute atomic E-state index is 0.0778. The predicted molar refractivity (Wildman–Crippen MR) is 75.1 cm³/mol. The zero-order chi connectivity index (χ0) is 15.4. The van der Waals surface area contributed by atoms with E-state index in [2.05, 4.69) is 13.0 Å². The van der Waals surface area contributed by atoms with Gasteiger partial charge in [-0.1, -0.05) is 39.0 Å². The van der Waals surface area contributed by atoms with Crippen molar-refractivity contribution in [1.29, 1.82) is 5.26 Å². The molecule has 0 amide bonds. The van der Waals surface area contributed by atoms with E-state index >= 15 is 0 Å². The molecule has 0 heterocycles. The van der Waals surface area contributed by atoms with Crippen molar-refractivity contribution in [3.05, 3.63) is 0 Å². The van der Waals surface area contributed by atoms with Gasteiger partial charge in [0.1, 0.15) is 0 Å². The summed E-state index contributed by atoms with van der Waals surface area (Å²) in [5.74, 6) is -1.68. The molecule has 0 aromatic heterocycles. The second kappa shape index (κ2) is 11.3. The van der Waals surface area contributed by atoms with E-state index in [9.17, 15) is 9.59 Å². The van der Waals surface area contributed by atoms with E-state index in [0.29, 0.717) is 18.8 Å². The molecule has 0 aliphatic rings. The Hall–Kier alpha value is -1.57. The van der Waals surface area contributed by atoms with Gasteiger partial charge >= 0.3 is 11.9 Å². The summed E-state index contributed by atoms with van der Waals surface area (Å²) >= 11 is 0. The summed E-state index contributed by atoms with van der Waals surface area (Å²) in [5.41, 5.74) is 0. The first-order chi connectivity index (χ1) is 9.49. The van der Waals surface area contributed by atoms with E-state index in [-0.39, 0.29) is 12.8 Å². The molecule has 2 unspecified atom stereocenters. The lowest BCUT2D eigenvalue weighted by Crippen LogP contribution is -2.11. The van der Waals surface area contributed by atoms with Crippen molar-refractivity contribution >= 4 is 11.9 Å². The van der Waals surface area contributed by atoms with Gasteiger partial charge < -0.3 is 10.2 Å². The molecule has 2 N–H and O–H groups in total. The Labute approximate surface area is 120 Å². The number of hydrogen-bond donors (Lipinski definition) is 2. The standard InChI is InChI=1S/C15H25NO4/c1-2-12(9-13(11-16)10-15(19)20)7-5-3-4-6-8-14(17)18/h12-13H,2-10H2,1H3,(H,17,18)(H,19,20). The number of nitrogens with zero attached hydrogens (tertiary/aromatic N) is 1. The number of nitriles is 1. The summed E-state index contributed by atoms with van der Waals surface area (Å²) in [5, 5.41) is 26.2. The molecule has 2 atom stereocenters. The molecule has 0 aliphatic heterocycles. The third-order valence-electron chi connectivity index (χ3n) is 3.55. The van der Waals surface area contributed by atoms with Gasteiger partial charge in [-0.15, -0.1) is 0 Å². The summed E-state index contributed by atoms with van der Waals surface area (Å²) in [6.45, 7) is 2.06. The number of carboxylic acids is 2. The van der Waals surface area contributed by atoms with E-state index < -0.39 is 17.9 Å². The van der Waals surface area contributed by atoms with Crippen molar-refractivity contribution < 1.29 is 19.8 Å². The maximum Gasteiger partial charge on any atom is 0.304 e. The van der Waals surface area contributed by atoms with Crippen molar-refractivity contribution in [3.8, 4) is 6.07 Å².